The Morgan fingerprint density at radius 2 is 1.44 bits per heavy atom. The maximum absolute atomic E-state index is 15.9. The van der Waals surface area contributed by atoms with Crippen LogP contribution in [0.1, 0.15) is 52.8 Å². The Morgan fingerprint density at radius 3 is 2.08 bits per heavy atom. The zero-order valence-corrected chi connectivity index (χ0v) is 28.4. The number of aliphatic imine (C=N–C) groups is 1. The molecule has 1 unspecified atom stereocenters. The number of amidine groups is 1. The summed E-state index contributed by atoms with van der Waals surface area (Å²) in [6, 6.07) is 29.6. The molecule has 3 atom stereocenters. The van der Waals surface area contributed by atoms with Crippen molar-refractivity contribution >= 4 is 11.7 Å². The summed E-state index contributed by atoms with van der Waals surface area (Å²) < 4.78 is 77.0. The fourth-order valence-corrected chi connectivity index (χ4v) is 6.03. The van der Waals surface area contributed by atoms with Crippen LogP contribution in [0.3, 0.4) is 0 Å². The number of nitriles is 1. The smallest absolute Gasteiger partial charge is 0.425 e. The van der Waals surface area contributed by atoms with Gasteiger partial charge >= 0.3 is 6.18 Å². The van der Waals surface area contributed by atoms with Gasteiger partial charge in [-0.25, -0.2) is 9.38 Å². The van der Waals surface area contributed by atoms with Crippen molar-refractivity contribution in [3.8, 4) is 29.4 Å². The number of hydrogen-bond acceptors (Lipinski definition) is 7. The van der Waals surface area contributed by atoms with Gasteiger partial charge in [0.2, 0.25) is 0 Å². The molecule has 2 heterocycles. The van der Waals surface area contributed by atoms with E-state index in [0.717, 1.165) is 11.6 Å². The summed E-state index contributed by atoms with van der Waals surface area (Å²) in [5.41, 5.74) is 1.11. The first-order valence-corrected chi connectivity index (χ1v) is 16.1. The van der Waals surface area contributed by atoms with E-state index in [1.54, 1.807) is 54.5 Å². The number of benzene rings is 4. The van der Waals surface area contributed by atoms with Crippen LogP contribution in [-0.2, 0) is 10.3 Å². The number of anilines is 1. The van der Waals surface area contributed by atoms with Crippen LogP contribution in [0, 0.1) is 29.0 Å². The highest BCUT2D eigenvalue weighted by Gasteiger charge is 2.52. The van der Waals surface area contributed by atoms with Crippen LogP contribution in [0.15, 0.2) is 121 Å². The minimum atomic E-state index is -4.83. The van der Waals surface area contributed by atoms with E-state index in [4.69, 9.17) is 19.2 Å². The van der Waals surface area contributed by atoms with Crippen molar-refractivity contribution in [3.05, 3.63) is 155 Å². The lowest BCUT2D eigenvalue weighted by molar-refractivity contribution is -0.208. The quantitative estimate of drug-likeness (QED) is 0.125. The lowest BCUT2D eigenvalue weighted by Crippen LogP contribution is -2.50. The summed E-state index contributed by atoms with van der Waals surface area (Å²) in [7, 11) is 3.05. The Kier molecular flexibility index (Phi) is 10.2. The normalized spacial score (nSPS) is 17.3. The number of alkyl halides is 3. The van der Waals surface area contributed by atoms with Gasteiger partial charge in [-0.15, -0.1) is 0 Å². The van der Waals surface area contributed by atoms with Gasteiger partial charge in [-0.2, -0.15) is 18.4 Å². The van der Waals surface area contributed by atoms with Gasteiger partial charge in [0.05, 0.1) is 31.4 Å². The van der Waals surface area contributed by atoms with Crippen LogP contribution in [0.2, 0.25) is 0 Å². The van der Waals surface area contributed by atoms with Gasteiger partial charge in [0.25, 0.3) is 6.02 Å². The zero-order chi connectivity index (χ0) is 36.9. The lowest BCUT2D eigenvalue weighted by Gasteiger charge is -2.42. The van der Waals surface area contributed by atoms with E-state index < -0.39 is 36.1 Å². The molecule has 6 rings (SSSR count). The molecule has 1 aromatic heterocycles. The average Bonchev–Trinajstić information content (AvgIpc) is 3.16. The second kappa shape index (κ2) is 14.9. The molecule has 1 aliphatic heterocycles. The van der Waals surface area contributed by atoms with Crippen molar-refractivity contribution in [2.45, 2.75) is 37.2 Å². The van der Waals surface area contributed by atoms with Gasteiger partial charge < -0.3 is 14.2 Å². The van der Waals surface area contributed by atoms with Crippen molar-refractivity contribution in [1.29, 1.82) is 5.26 Å². The number of hydrogen-bond donors (Lipinski definition) is 0. The molecule has 0 fully saturated rings. The fraction of sp³-hybridized carbons (Fsp3) is 0.195. The van der Waals surface area contributed by atoms with Crippen LogP contribution in [0.25, 0.3) is 0 Å². The Balaban J connectivity index is 1.55. The van der Waals surface area contributed by atoms with Crippen LogP contribution in [0.4, 0.5) is 23.2 Å². The number of rotatable bonds is 7. The molecule has 0 saturated carbocycles. The summed E-state index contributed by atoms with van der Waals surface area (Å²) in [5.74, 6) is 6.18. The van der Waals surface area contributed by atoms with Crippen molar-refractivity contribution in [2.24, 2.45) is 4.99 Å². The van der Waals surface area contributed by atoms with E-state index >= 15 is 4.39 Å². The maximum atomic E-state index is 15.9. The minimum absolute atomic E-state index is 0.0892. The van der Waals surface area contributed by atoms with E-state index in [0.29, 0.717) is 39.4 Å². The van der Waals surface area contributed by atoms with Gasteiger partial charge in [0.1, 0.15) is 23.4 Å². The molecule has 5 aromatic rings. The Morgan fingerprint density at radius 1 is 0.827 bits per heavy atom. The summed E-state index contributed by atoms with van der Waals surface area (Å²) in [4.78, 5) is 10.4. The summed E-state index contributed by atoms with van der Waals surface area (Å²) in [5, 5.41) is 9.21. The molecule has 262 valence electrons. The van der Waals surface area contributed by atoms with Crippen LogP contribution in [-0.4, -0.2) is 37.5 Å². The zero-order valence-electron chi connectivity index (χ0n) is 28.4. The molecule has 11 heteroatoms. The van der Waals surface area contributed by atoms with E-state index in [1.807, 2.05) is 48.5 Å². The van der Waals surface area contributed by atoms with Gasteiger partial charge in [-0.3, -0.25) is 9.88 Å². The number of aromatic nitrogens is 1. The van der Waals surface area contributed by atoms with Gasteiger partial charge in [-0.1, -0.05) is 54.3 Å². The Hall–Kier alpha value is -6.33. The number of pyridine rings is 1. The highest BCUT2D eigenvalue weighted by Crippen LogP contribution is 2.44. The van der Waals surface area contributed by atoms with Crippen molar-refractivity contribution < 1.29 is 31.8 Å². The summed E-state index contributed by atoms with van der Waals surface area (Å²) >= 11 is 0. The number of nitrogens with zero attached hydrogens (tertiary/aromatic N) is 4. The molecule has 0 N–H and O–H groups in total. The van der Waals surface area contributed by atoms with Gasteiger partial charge in [-0.05, 0) is 78.7 Å². The van der Waals surface area contributed by atoms with Gasteiger partial charge in [0.15, 0.2) is 6.10 Å². The third-order valence-electron chi connectivity index (χ3n) is 8.66. The molecule has 4 aromatic carbocycles. The molecule has 0 bridgehead atoms. The molecule has 0 spiro atoms. The summed E-state index contributed by atoms with van der Waals surface area (Å²) in [6.45, 7) is 1.46. The SMILES string of the molecule is COc1ccc(C(c2ccccc2)N(C2=N[C@](C)(c3cc(C#Cc4cncc(C#N)c4)ccc3F)C[C@@H](C(F)(F)F)O2)c2ccc(OC)cc2)cc1. The van der Waals surface area contributed by atoms with E-state index in [-0.39, 0.29) is 11.6 Å². The lowest BCUT2D eigenvalue weighted by atomic mass is 9.84. The average molecular weight is 705 g/mol. The fourth-order valence-electron chi connectivity index (χ4n) is 6.03. The first-order chi connectivity index (χ1) is 25.0. The van der Waals surface area contributed by atoms with Crippen LogP contribution >= 0.6 is 0 Å². The topological polar surface area (TPSA) is 80.0 Å². The number of ether oxygens (including phenoxy) is 3. The van der Waals surface area contributed by atoms with Crippen LogP contribution in [0.5, 0.6) is 11.5 Å². The highest BCUT2D eigenvalue weighted by molar-refractivity contribution is 5.94. The second-order valence-corrected chi connectivity index (χ2v) is 12.2. The second-order valence-electron chi connectivity index (χ2n) is 12.2. The molecule has 0 saturated heterocycles. The van der Waals surface area contributed by atoms with E-state index in [1.165, 1.54) is 38.6 Å². The van der Waals surface area contributed by atoms with Crippen molar-refractivity contribution in [2.75, 3.05) is 19.1 Å². The molecule has 0 radical (unpaired) electrons. The standard InChI is InChI=1S/C41H32F4N4O3/c1-40(35-22-27(11-20-36(35)42)9-10-28-21-29(24-46)26-47-25-28)23-37(41(43,44)45)52-39(48-40)49(32-14-18-34(51-3)19-15-32)38(30-7-5-4-6-8-30)31-12-16-33(50-2)17-13-31/h4-8,11-22,25-26,37-38H,23H2,1-3H3/t37-,38?,40-/m0/s1. The third kappa shape index (κ3) is 7.69. The van der Waals surface area contributed by atoms with Crippen molar-refractivity contribution in [1.82, 2.24) is 4.98 Å². The first-order valence-electron chi connectivity index (χ1n) is 16.1. The highest BCUT2D eigenvalue weighted by atomic mass is 19.4. The first kappa shape index (κ1) is 35.5. The maximum Gasteiger partial charge on any atom is 0.425 e. The molecule has 0 amide bonds. The monoisotopic (exact) mass is 704 g/mol. The predicted octanol–water partition coefficient (Wildman–Crippen LogP) is 8.73. The van der Waals surface area contributed by atoms with Crippen LogP contribution < -0.4 is 14.4 Å². The molecular formula is C41H32F4N4O3. The number of methoxy groups -OCH3 is 2. The Bertz CT molecular complexity index is 2170. The molecule has 7 nitrogen and oxygen atoms in total. The van der Waals surface area contributed by atoms with Crippen molar-refractivity contribution in [3.63, 3.8) is 0 Å². The minimum Gasteiger partial charge on any atom is -0.497 e. The molecule has 0 aliphatic carbocycles. The largest absolute Gasteiger partial charge is 0.497 e. The molecule has 1 aliphatic rings. The molecular weight excluding hydrogens is 672 g/mol. The summed E-state index contributed by atoms with van der Waals surface area (Å²) in [6.07, 6.45) is -5.00. The van der Waals surface area contributed by atoms with E-state index in [2.05, 4.69) is 16.8 Å². The van der Waals surface area contributed by atoms with E-state index in [9.17, 15) is 18.4 Å². The number of halogens is 4. The third-order valence-corrected chi connectivity index (χ3v) is 8.66. The molecule has 52 heavy (non-hydrogen) atoms. The predicted molar refractivity (Wildman–Crippen MR) is 188 cm³/mol. The Labute approximate surface area is 298 Å². The van der Waals surface area contributed by atoms with Gasteiger partial charge in [0, 0.05) is 41.2 Å².